The van der Waals surface area contributed by atoms with Crippen LogP contribution in [0.1, 0.15) is 71.6 Å². The minimum atomic E-state index is 0.0148. The molecule has 0 aliphatic heterocycles. The average Bonchev–Trinajstić information content (AvgIpc) is 2.38. The maximum atomic E-state index is 5.79. The fourth-order valence-electron chi connectivity index (χ4n) is 1.74. The molecule has 0 heterocycles. The first kappa shape index (κ1) is 17.9. The van der Waals surface area contributed by atoms with Gasteiger partial charge in [-0.1, -0.05) is 39.5 Å². The molecule has 0 atom stereocenters. The lowest BCUT2D eigenvalue weighted by Crippen LogP contribution is -2.18. The van der Waals surface area contributed by atoms with Crippen LogP contribution in [0.3, 0.4) is 0 Å². The Labute approximate surface area is 113 Å². The maximum absolute atomic E-state index is 5.79. The summed E-state index contributed by atoms with van der Waals surface area (Å²) < 4.78 is 11.6. The first-order valence-electron chi connectivity index (χ1n) is 7.78. The van der Waals surface area contributed by atoms with Gasteiger partial charge in [0.2, 0.25) is 0 Å². The smallest absolute Gasteiger partial charge is 0.157 e. The van der Waals surface area contributed by atoms with Crippen molar-refractivity contribution in [3.05, 3.63) is 0 Å². The molecule has 0 aliphatic carbocycles. The van der Waals surface area contributed by atoms with E-state index >= 15 is 0 Å². The normalized spacial score (nSPS) is 11.3. The molecule has 0 radical (unpaired) electrons. The predicted octanol–water partition coefficient (Wildman–Crippen LogP) is 3.86. The zero-order valence-electron chi connectivity index (χ0n) is 12.5. The van der Waals surface area contributed by atoms with E-state index in [2.05, 4.69) is 13.8 Å². The molecule has 0 aromatic rings. The molecule has 0 aliphatic rings. The number of rotatable bonds is 14. The molecule has 0 rings (SSSR count). The Balaban J connectivity index is 3.60. The molecule has 18 heavy (non-hydrogen) atoms. The monoisotopic (exact) mass is 259 g/mol. The van der Waals surface area contributed by atoms with Crippen LogP contribution < -0.4 is 5.73 Å². The van der Waals surface area contributed by atoms with E-state index in [9.17, 15) is 0 Å². The van der Waals surface area contributed by atoms with Gasteiger partial charge in [0.05, 0.1) is 0 Å². The molecular formula is C15H33NO2. The highest BCUT2D eigenvalue weighted by Crippen LogP contribution is 2.11. The van der Waals surface area contributed by atoms with Gasteiger partial charge in [-0.25, -0.2) is 0 Å². The molecule has 0 fully saturated rings. The lowest BCUT2D eigenvalue weighted by Gasteiger charge is -2.18. The third-order valence-electron chi connectivity index (χ3n) is 3.00. The lowest BCUT2D eigenvalue weighted by atomic mass is 10.1. The second kappa shape index (κ2) is 14.9. The first-order chi connectivity index (χ1) is 8.85. The molecule has 3 nitrogen and oxygen atoms in total. The van der Waals surface area contributed by atoms with Gasteiger partial charge in [-0.15, -0.1) is 0 Å². The molecule has 0 bridgehead atoms. The SMILES string of the molecule is CCCCOC(CCCCCCN)OCCCC. The van der Waals surface area contributed by atoms with E-state index in [-0.39, 0.29) is 6.29 Å². The van der Waals surface area contributed by atoms with Crippen LogP contribution in [0.15, 0.2) is 0 Å². The summed E-state index contributed by atoms with van der Waals surface area (Å²) in [6.45, 7) is 6.84. The Morgan fingerprint density at radius 3 is 1.83 bits per heavy atom. The Bertz CT molecular complexity index is 143. The van der Waals surface area contributed by atoms with Crippen molar-refractivity contribution in [2.45, 2.75) is 77.9 Å². The molecule has 0 saturated heterocycles. The minimum Gasteiger partial charge on any atom is -0.353 e. The third-order valence-corrected chi connectivity index (χ3v) is 3.00. The predicted molar refractivity (Wildman–Crippen MR) is 77.6 cm³/mol. The van der Waals surface area contributed by atoms with E-state index in [1.807, 2.05) is 0 Å². The second-order valence-corrected chi connectivity index (χ2v) is 4.87. The Kier molecular flexibility index (Phi) is 14.8. The Morgan fingerprint density at radius 1 is 0.778 bits per heavy atom. The lowest BCUT2D eigenvalue weighted by molar-refractivity contribution is -0.147. The van der Waals surface area contributed by atoms with Gasteiger partial charge >= 0.3 is 0 Å². The topological polar surface area (TPSA) is 44.5 Å². The summed E-state index contributed by atoms with van der Waals surface area (Å²) >= 11 is 0. The van der Waals surface area contributed by atoms with E-state index in [0.29, 0.717) is 0 Å². The number of hydrogen-bond acceptors (Lipinski definition) is 3. The molecule has 110 valence electrons. The highest BCUT2D eigenvalue weighted by Gasteiger charge is 2.08. The van der Waals surface area contributed by atoms with Crippen LogP contribution in [-0.2, 0) is 9.47 Å². The largest absolute Gasteiger partial charge is 0.353 e. The van der Waals surface area contributed by atoms with Gasteiger partial charge < -0.3 is 15.2 Å². The zero-order chi connectivity index (χ0) is 13.5. The van der Waals surface area contributed by atoms with E-state index in [4.69, 9.17) is 15.2 Å². The Morgan fingerprint density at radius 2 is 1.33 bits per heavy atom. The zero-order valence-corrected chi connectivity index (χ0v) is 12.5. The summed E-state index contributed by atoms with van der Waals surface area (Å²) in [5, 5.41) is 0. The molecule has 2 N–H and O–H groups in total. The average molecular weight is 259 g/mol. The molecule has 0 unspecified atom stereocenters. The summed E-state index contributed by atoms with van der Waals surface area (Å²) in [6, 6.07) is 0. The molecule has 0 aromatic heterocycles. The van der Waals surface area contributed by atoms with Crippen molar-refractivity contribution in [3.63, 3.8) is 0 Å². The van der Waals surface area contributed by atoms with E-state index < -0.39 is 0 Å². The summed E-state index contributed by atoms with van der Waals surface area (Å²) in [5.74, 6) is 0. The van der Waals surface area contributed by atoms with Crippen molar-refractivity contribution in [3.8, 4) is 0 Å². The van der Waals surface area contributed by atoms with Gasteiger partial charge in [0, 0.05) is 13.2 Å². The van der Waals surface area contributed by atoms with Gasteiger partial charge in [-0.3, -0.25) is 0 Å². The van der Waals surface area contributed by atoms with E-state index in [1.54, 1.807) is 0 Å². The molecular weight excluding hydrogens is 226 g/mol. The highest BCUT2D eigenvalue weighted by atomic mass is 16.7. The fourth-order valence-corrected chi connectivity index (χ4v) is 1.74. The van der Waals surface area contributed by atoms with Crippen molar-refractivity contribution in [2.75, 3.05) is 19.8 Å². The van der Waals surface area contributed by atoms with Gasteiger partial charge in [-0.05, 0) is 38.6 Å². The Hall–Kier alpha value is -0.120. The van der Waals surface area contributed by atoms with Crippen LogP contribution in [0.2, 0.25) is 0 Å². The molecule has 0 saturated carbocycles. The van der Waals surface area contributed by atoms with Crippen LogP contribution in [0.4, 0.5) is 0 Å². The van der Waals surface area contributed by atoms with Gasteiger partial charge in [-0.2, -0.15) is 0 Å². The van der Waals surface area contributed by atoms with Crippen LogP contribution in [0.25, 0.3) is 0 Å². The number of hydrogen-bond donors (Lipinski definition) is 1. The van der Waals surface area contributed by atoms with Crippen molar-refractivity contribution in [1.29, 1.82) is 0 Å². The molecule has 0 spiro atoms. The van der Waals surface area contributed by atoms with Crippen LogP contribution in [-0.4, -0.2) is 26.0 Å². The number of nitrogens with two attached hydrogens (primary N) is 1. The standard InChI is InChI=1S/C15H33NO2/c1-3-5-13-17-15(18-14-6-4-2)11-9-7-8-10-12-16/h15H,3-14,16H2,1-2H3. The molecule has 0 aromatic carbocycles. The number of unbranched alkanes of at least 4 members (excludes halogenated alkanes) is 5. The fraction of sp³-hybridized carbons (Fsp3) is 1.00. The maximum Gasteiger partial charge on any atom is 0.157 e. The second-order valence-electron chi connectivity index (χ2n) is 4.87. The van der Waals surface area contributed by atoms with Crippen LogP contribution in [0, 0.1) is 0 Å². The van der Waals surface area contributed by atoms with Gasteiger partial charge in [0.25, 0.3) is 0 Å². The quantitative estimate of drug-likeness (QED) is 0.380. The molecule has 3 heteroatoms. The highest BCUT2D eigenvalue weighted by molar-refractivity contribution is 4.50. The molecule has 0 amide bonds. The van der Waals surface area contributed by atoms with Gasteiger partial charge in [0.1, 0.15) is 0 Å². The van der Waals surface area contributed by atoms with Gasteiger partial charge in [0.15, 0.2) is 6.29 Å². The minimum absolute atomic E-state index is 0.0148. The summed E-state index contributed by atoms with van der Waals surface area (Å²) in [7, 11) is 0. The summed E-state index contributed by atoms with van der Waals surface area (Å²) in [5.41, 5.74) is 5.48. The first-order valence-corrected chi connectivity index (χ1v) is 7.78. The third kappa shape index (κ3) is 12.3. The number of ether oxygens (including phenoxy) is 2. The van der Waals surface area contributed by atoms with E-state index in [0.717, 1.165) is 45.4 Å². The van der Waals surface area contributed by atoms with Crippen molar-refractivity contribution < 1.29 is 9.47 Å². The van der Waals surface area contributed by atoms with Crippen molar-refractivity contribution in [2.24, 2.45) is 5.73 Å². The summed E-state index contributed by atoms with van der Waals surface area (Å²) in [4.78, 5) is 0. The summed E-state index contributed by atoms with van der Waals surface area (Å²) in [6.07, 6.45) is 10.4. The van der Waals surface area contributed by atoms with Crippen LogP contribution >= 0.6 is 0 Å². The van der Waals surface area contributed by atoms with Crippen molar-refractivity contribution in [1.82, 2.24) is 0 Å². The van der Waals surface area contributed by atoms with Crippen LogP contribution in [0.5, 0.6) is 0 Å². The van der Waals surface area contributed by atoms with E-state index in [1.165, 1.54) is 32.1 Å². The van der Waals surface area contributed by atoms with Crippen molar-refractivity contribution >= 4 is 0 Å².